The van der Waals surface area contributed by atoms with Crippen molar-refractivity contribution in [2.75, 3.05) is 5.73 Å². The molecule has 0 amide bonds. The monoisotopic (exact) mass is 211 g/mol. The molecule has 0 aliphatic carbocycles. The first-order chi connectivity index (χ1) is 7.74. The molecule has 0 saturated heterocycles. The van der Waals surface area contributed by atoms with Crippen LogP contribution in [0.2, 0.25) is 0 Å². The van der Waals surface area contributed by atoms with E-state index in [1.165, 1.54) is 0 Å². The normalized spacial score (nSPS) is 9.25. The molecule has 0 aliphatic rings. The third kappa shape index (κ3) is 2.49. The summed E-state index contributed by atoms with van der Waals surface area (Å²) in [7, 11) is 0. The Morgan fingerprint density at radius 1 is 1.06 bits per heavy atom. The van der Waals surface area contributed by atoms with Crippen molar-refractivity contribution < 1.29 is 5.11 Å². The summed E-state index contributed by atoms with van der Waals surface area (Å²) in [4.78, 5) is 0. The van der Waals surface area contributed by atoms with Crippen LogP contribution in [0.25, 0.3) is 0 Å². The van der Waals surface area contributed by atoms with E-state index in [9.17, 15) is 5.11 Å². The Labute approximate surface area is 92.8 Å². The second-order valence-corrected chi connectivity index (χ2v) is 3.14. The number of hydrogen-bond acceptors (Lipinski definition) is 4. The highest BCUT2D eigenvalue weighted by Crippen LogP contribution is 2.09. The maximum absolute atomic E-state index is 9.23. The molecule has 0 bridgehead atoms. The van der Waals surface area contributed by atoms with Crippen LogP contribution in [0.15, 0.2) is 36.4 Å². The number of phenols is 1. The third-order valence-corrected chi connectivity index (χ3v) is 1.87. The number of nitrogens with zero attached hydrogens (tertiary/aromatic N) is 2. The minimum Gasteiger partial charge on any atom is -0.508 e. The summed E-state index contributed by atoms with van der Waals surface area (Å²) in [5.74, 6) is 6.25. The van der Waals surface area contributed by atoms with Crippen LogP contribution in [0.5, 0.6) is 5.75 Å². The van der Waals surface area contributed by atoms with E-state index < -0.39 is 0 Å². The largest absolute Gasteiger partial charge is 0.508 e. The van der Waals surface area contributed by atoms with E-state index in [0.29, 0.717) is 11.5 Å². The van der Waals surface area contributed by atoms with E-state index in [-0.39, 0.29) is 5.75 Å². The summed E-state index contributed by atoms with van der Waals surface area (Å²) in [6, 6.07) is 10.0. The Kier molecular flexibility index (Phi) is 2.70. The summed E-state index contributed by atoms with van der Waals surface area (Å²) >= 11 is 0. The fourth-order valence-corrected chi connectivity index (χ4v) is 1.13. The fraction of sp³-hybridized carbons (Fsp3) is 0. The van der Waals surface area contributed by atoms with Crippen molar-refractivity contribution in [2.45, 2.75) is 0 Å². The zero-order valence-corrected chi connectivity index (χ0v) is 8.38. The molecule has 0 radical (unpaired) electrons. The number of rotatable bonds is 0. The zero-order valence-electron chi connectivity index (χ0n) is 8.38. The van der Waals surface area contributed by atoms with Gasteiger partial charge < -0.3 is 10.8 Å². The smallest absolute Gasteiger partial charge is 0.146 e. The minimum atomic E-state index is 0.190. The number of nitrogens with two attached hydrogens (primary N) is 1. The highest BCUT2D eigenvalue weighted by atomic mass is 16.3. The van der Waals surface area contributed by atoms with E-state index in [1.807, 2.05) is 0 Å². The topological polar surface area (TPSA) is 72.0 Å². The molecule has 78 valence electrons. The van der Waals surface area contributed by atoms with Gasteiger partial charge in [0.05, 0.1) is 0 Å². The predicted molar refractivity (Wildman–Crippen MR) is 60.5 cm³/mol. The molecule has 1 heterocycles. The van der Waals surface area contributed by atoms with Crippen LogP contribution in [0.4, 0.5) is 5.82 Å². The van der Waals surface area contributed by atoms with Gasteiger partial charge in [0, 0.05) is 5.56 Å². The van der Waals surface area contributed by atoms with Gasteiger partial charge in [0.15, 0.2) is 0 Å². The maximum Gasteiger partial charge on any atom is 0.146 e. The van der Waals surface area contributed by atoms with E-state index in [1.54, 1.807) is 36.4 Å². The van der Waals surface area contributed by atoms with E-state index >= 15 is 0 Å². The van der Waals surface area contributed by atoms with Crippen molar-refractivity contribution >= 4 is 5.82 Å². The zero-order chi connectivity index (χ0) is 11.4. The lowest BCUT2D eigenvalue weighted by Gasteiger charge is -1.92. The van der Waals surface area contributed by atoms with Crippen molar-refractivity contribution in [3.05, 3.63) is 47.7 Å². The lowest BCUT2D eigenvalue weighted by atomic mass is 10.2. The van der Waals surface area contributed by atoms with Gasteiger partial charge in [-0.15, -0.1) is 10.2 Å². The highest BCUT2D eigenvalue weighted by Gasteiger charge is 1.91. The number of aromatic nitrogens is 2. The number of benzene rings is 1. The molecular weight excluding hydrogens is 202 g/mol. The Balaban J connectivity index is 2.25. The molecule has 0 fully saturated rings. The maximum atomic E-state index is 9.23. The van der Waals surface area contributed by atoms with Crippen LogP contribution in [0.1, 0.15) is 11.3 Å². The Hall–Kier alpha value is -2.54. The van der Waals surface area contributed by atoms with E-state index in [4.69, 9.17) is 5.73 Å². The van der Waals surface area contributed by atoms with E-state index in [2.05, 4.69) is 22.0 Å². The molecule has 4 nitrogen and oxygen atoms in total. The number of hydrogen-bond donors (Lipinski definition) is 2. The quantitative estimate of drug-likeness (QED) is 0.641. The molecule has 0 unspecified atom stereocenters. The predicted octanol–water partition coefficient (Wildman–Crippen LogP) is 1.16. The van der Waals surface area contributed by atoms with Crippen molar-refractivity contribution in [2.24, 2.45) is 0 Å². The van der Waals surface area contributed by atoms with Gasteiger partial charge in [-0.25, -0.2) is 0 Å². The average molecular weight is 211 g/mol. The molecule has 1 aromatic heterocycles. The van der Waals surface area contributed by atoms with Crippen molar-refractivity contribution in [1.82, 2.24) is 10.2 Å². The molecule has 0 aliphatic heterocycles. The lowest BCUT2D eigenvalue weighted by Crippen LogP contribution is -1.93. The van der Waals surface area contributed by atoms with Gasteiger partial charge in [-0.3, -0.25) is 0 Å². The molecule has 16 heavy (non-hydrogen) atoms. The first-order valence-corrected chi connectivity index (χ1v) is 4.64. The van der Waals surface area contributed by atoms with Crippen LogP contribution < -0.4 is 5.73 Å². The van der Waals surface area contributed by atoms with Gasteiger partial charge in [-0.2, -0.15) is 0 Å². The standard InChI is InChI=1S/C12H9N3O/c13-12-7-6-10(14-15-12)5-4-9-2-1-3-11(16)8-9/h1-3,6-8,16H,(H2,13,15). The van der Waals surface area contributed by atoms with Gasteiger partial charge in [0.2, 0.25) is 0 Å². The first-order valence-electron chi connectivity index (χ1n) is 4.64. The van der Waals surface area contributed by atoms with Crippen LogP contribution >= 0.6 is 0 Å². The summed E-state index contributed by atoms with van der Waals surface area (Å²) in [5.41, 5.74) is 6.66. The second-order valence-electron chi connectivity index (χ2n) is 3.14. The van der Waals surface area contributed by atoms with Gasteiger partial charge in [-0.05, 0) is 36.3 Å². The molecule has 2 aromatic rings. The number of phenolic OH excluding ortho intramolecular Hbond substituents is 1. The number of anilines is 1. The Morgan fingerprint density at radius 3 is 2.62 bits per heavy atom. The molecular formula is C12H9N3O. The van der Waals surface area contributed by atoms with Gasteiger partial charge >= 0.3 is 0 Å². The minimum absolute atomic E-state index is 0.190. The van der Waals surface area contributed by atoms with E-state index in [0.717, 1.165) is 5.56 Å². The third-order valence-electron chi connectivity index (χ3n) is 1.87. The molecule has 0 atom stereocenters. The van der Waals surface area contributed by atoms with Crippen LogP contribution in [0.3, 0.4) is 0 Å². The van der Waals surface area contributed by atoms with Gasteiger partial charge in [-0.1, -0.05) is 12.0 Å². The van der Waals surface area contributed by atoms with Crippen LogP contribution in [-0.2, 0) is 0 Å². The van der Waals surface area contributed by atoms with Gasteiger partial charge in [0.25, 0.3) is 0 Å². The summed E-state index contributed by atoms with van der Waals surface area (Å²) in [6.45, 7) is 0. The van der Waals surface area contributed by atoms with Crippen LogP contribution in [-0.4, -0.2) is 15.3 Å². The molecule has 0 saturated carbocycles. The number of aromatic hydroxyl groups is 1. The molecule has 2 rings (SSSR count). The average Bonchev–Trinajstić information content (AvgIpc) is 2.28. The summed E-state index contributed by atoms with van der Waals surface area (Å²) in [6.07, 6.45) is 0. The van der Waals surface area contributed by atoms with Gasteiger partial charge in [0.1, 0.15) is 17.3 Å². The molecule has 1 aromatic carbocycles. The second kappa shape index (κ2) is 4.32. The van der Waals surface area contributed by atoms with Crippen molar-refractivity contribution in [3.63, 3.8) is 0 Å². The highest BCUT2D eigenvalue weighted by molar-refractivity contribution is 5.43. The summed E-state index contributed by atoms with van der Waals surface area (Å²) in [5, 5.41) is 16.7. The van der Waals surface area contributed by atoms with Crippen LogP contribution in [0, 0.1) is 11.8 Å². The van der Waals surface area contributed by atoms with Crippen molar-refractivity contribution in [3.8, 4) is 17.6 Å². The Bertz CT molecular complexity index is 552. The molecule has 4 heteroatoms. The molecule has 3 N–H and O–H groups in total. The SMILES string of the molecule is Nc1ccc(C#Cc2cccc(O)c2)nn1. The lowest BCUT2D eigenvalue weighted by molar-refractivity contribution is 0.475. The summed E-state index contributed by atoms with van der Waals surface area (Å²) < 4.78 is 0. The number of nitrogen functional groups attached to an aromatic ring is 1. The van der Waals surface area contributed by atoms with Crippen molar-refractivity contribution in [1.29, 1.82) is 0 Å². The first kappa shape index (κ1) is 9.99. The fourth-order valence-electron chi connectivity index (χ4n) is 1.13. The Morgan fingerprint density at radius 2 is 1.94 bits per heavy atom. The molecule has 0 spiro atoms.